The van der Waals surface area contributed by atoms with Crippen molar-refractivity contribution in [3.8, 4) is 0 Å². The topological polar surface area (TPSA) is 99.2 Å². The molecule has 0 aliphatic carbocycles. The molecule has 0 unspecified atom stereocenters. The molecule has 0 aromatic carbocycles. The number of esters is 1. The van der Waals surface area contributed by atoms with Crippen LogP contribution in [0.2, 0.25) is 0 Å². The first kappa shape index (κ1) is 16.0. The van der Waals surface area contributed by atoms with Crippen LogP contribution in [0, 0.1) is 5.41 Å². The Labute approximate surface area is 118 Å². The van der Waals surface area contributed by atoms with Gasteiger partial charge in [0.25, 0.3) is 0 Å². The van der Waals surface area contributed by atoms with Gasteiger partial charge in [0.1, 0.15) is 11.6 Å². The van der Waals surface area contributed by atoms with Crippen LogP contribution in [-0.4, -0.2) is 35.6 Å². The van der Waals surface area contributed by atoms with Crippen molar-refractivity contribution >= 4 is 17.7 Å². The molecule has 7 heteroatoms. The van der Waals surface area contributed by atoms with Crippen LogP contribution in [0.15, 0.2) is 0 Å². The lowest BCUT2D eigenvalue weighted by Gasteiger charge is -2.24. The predicted molar refractivity (Wildman–Crippen MR) is 75.2 cm³/mol. The van der Waals surface area contributed by atoms with Gasteiger partial charge in [0, 0.05) is 20.0 Å². The number of aryl methyl sites for hydroxylation is 1. The number of carbonyl (C=O) groups excluding carboxylic acids is 2. The van der Waals surface area contributed by atoms with E-state index < -0.39 is 11.4 Å². The molecule has 0 fully saturated rings. The minimum absolute atomic E-state index is 0.0945. The van der Waals surface area contributed by atoms with Gasteiger partial charge in [0.05, 0.1) is 12.5 Å². The van der Waals surface area contributed by atoms with Crippen molar-refractivity contribution in [1.82, 2.24) is 14.9 Å². The van der Waals surface area contributed by atoms with Crippen LogP contribution in [0.3, 0.4) is 0 Å². The molecule has 1 rings (SSSR count). The first-order valence-corrected chi connectivity index (χ1v) is 6.43. The lowest BCUT2D eigenvalue weighted by molar-refractivity contribution is -0.129. The number of nitrogens with two attached hydrogens (primary N) is 1. The molecule has 0 atom stereocenters. The zero-order valence-corrected chi connectivity index (χ0v) is 12.6. The van der Waals surface area contributed by atoms with Gasteiger partial charge in [-0.15, -0.1) is 0 Å². The van der Waals surface area contributed by atoms with E-state index in [1.807, 2.05) is 20.8 Å². The number of nitrogens with one attached hydrogen (secondary N) is 1. The van der Waals surface area contributed by atoms with Gasteiger partial charge >= 0.3 is 5.97 Å². The van der Waals surface area contributed by atoms with Crippen molar-refractivity contribution in [3.05, 3.63) is 11.5 Å². The number of rotatable bonds is 5. The Morgan fingerprint density at radius 2 is 2.05 bits per heavy atom. The largest absolute Gasteiger partial charge is 0.464 e. The molecule has 0 saturated carbocycles. The van der Waals surface area contributed by atoms with Crippen molar-refractivity contribution in [2.75, 3.05) is 19.9 Å². The maximum Gasteiger partial charge on any atom is 0.360 e. The summed E-state index contributed by atoms with van der Waals surface area (Å²) < 4.78 is 6.35. The van der Waals surface area contributed by atoms with Gasteiger partial charge in [-0.3, -0.25) is 4.79 Å². The van der Waals surface area contributed by atoms with Gasteiger partial charge in [0.15, 0.2) is 5.69 Å². The summed E-state index contributed by atoms with van der Waals surface area (Å²) in [5.41, 5.74) is 5.40. The van der Waals surface area contributed by atoms with Crippen LogP contribution in [0.25, 0.3) is 0 Å². The number of ether oxygens (including phenoxy) is 1. The molecule has 0 saturated heterocycles. The number of amides is 1. The molecule has 112 valence electrons. The van der Waals surface area contributed by atoms with Crippen LogP contribution in [0.5, 0.6) is 0 Å². The van der Waals surface area contributed by atoms with E-state index in [1.54, 1.807) is 11.6 Å². The fraction of sp³-hybridized carbons (Fsp3) is 0.615. The normalized spacial score (nSPS) is 11.2. The number of aromatic nitrogens is 2. The van der Waals surface area contributed by atoms with Crippen molar-refractivity contribution in [3.63, 3.8) is 0 Å². The molecule has 0 spiro atoms. The molecule has 1 heterocycles. The van der Waals surface area contributed by atoms with Gasteiger partial charge in [-0.2, -0.15) is 0 Å². The van der Waals surface area contributed by atoms with Gasteiger partial charge in [-0.05, 0) is 13.8 Å². The lowest BCUT2D eigenvalue weighted by atomic mass is 9.92. The molecule has 1 aromatic heterocycles. The maximum absolute atomic E-state index is 11.9. The van der Waals surface area contributed by atoms with E-state index in [-0.39, 0.29) is 17.4 Å². The van der Waals surface area contributed by atoms with Crippen molar-refractivity contribution in [2.45, 2.75) is 33.7 Å². The van der Waals surface area contributed by atoms with Crippen LogP contribution >= 0.6 is 0 Å². The Morgan fingerprint density at radius 3 is 2.50 bits per heavy atom. The van der Waals surface area contributed by atoms with E-state index in [1.165, 1.54) is 7.11 Å². The molecule has 3 N–H and O–H groups in total. The number of hydrogen-bond donors (Lipinski definition) is 2. The number of methoxy groups -OCH3 is 1. The highest BCUT2D eigenvalue weighted by atomic mass is 16.5. The lowest BCUT2D eigenvalue weighted by Crippen LogP contribution is -2.38. The molecule has 1 amide bonds. The third-order valence-corrected chi connectivity index (χ3v) is 3.18. The quantitative estimate of drug-likeness (QED) is 0.770. The summed E-state index contributed by atoms with van der Waals surface area (Å²) in [6.07, 6.45) is 0.602. The summed E-state index contributed by atoms with van der Waals surface area (Å²) in [6, 6.07) is 0. The van der Waals surface area contributed by atoms with E-state index in [9.17, 15) is 9.59 Å². The number of nitrogen functional groups attached to an aromatic ring is 1. The van der Waals surface area contributed by atoms with Crippen LogP contribution in [-0.2, 0) is 22.5 Å². The number of hydrogen-bond acceptors (Lipinski definition) is 5. The highest BCUT2D eigenvalue weighted by Crippen LogP contribution is 2.24. The average Bonchev–Trinajstić information content (AvgIpc) is 2.73. The van der Waals surface area contributed by atoms with Gasteiger partial charge in [0.2, 0.25) is 5.91 Å². The molecule has 20 heavy (non-hydrogen) atoms. The summed E-state index contributed by atoms with van der Waals surface area (Å²) in [5, 5.41) is 2.62. The number of imidazole rings is 1. The maximum atomic E-state index is 11.9. The van der Waals surface area contributed by atoms with E-state index in [4.69, 9.17) is 5.73 Å². The first-order chi connectivity index (χ1) is 9.28. The minimum Gasteiger partial charge on any atom is -0.464 e. The highest BCUT2D eigenvalue weighted by molar-refractivity contribution is 5.92. The Balaban J connectivity index is 3.21. The van der Waals surface area contributed by atoms with Crippen LogP contribution in [0.1, 0.15) is 37.1 Å². The summed E-state index contributed by atoms with van der Waals surface area (Å²) in [7, 11) is 2.86. The van der Waals surface area contributed by atoms with E-state index in [2.05, 4.69) is 15.0 Å². The molecule has 0 radical (unpaired) electrons. The van der Waals surface area contributed by atoms with E-state index >= 15 is 0 Å². The van der Waals surface area contributed by atoms with Gasteiger partial charge in [-0.1, -0.05) is 6.92 Å². The Kier molecular flexibility index (Phi) is 4.75. The monoisotopic (exact) mass is 282 g/mol. The molecule has 1 aromatic rings. The zero-order valence-electron chi connectivity index (χ0n) is 12.6. The summed E-state index contributed by atoms with van der Waals surface area (Å²) in [5.74, 6) is 0.200. The molecular weight excluding hydrogens is 260 g/mol. The Bertz CT molecular complexity index is 520. The number of nitrogens with zero attached hydrogens (tertiary/aromatic N) is 2. The summed E-state index contributed by atoms with van der Waals surface area (Å²) in [4.78, 5) is 27.7. The molecule has 0 aliphatic heterocycles. The third-order valence-electron chi connectivity index (χ3n) is 3.18. The zero-order chi connectivity index (χ0) is 15.5. The SMILES string of the molecule is CCc1nc(C(=O)OC)c(N)n1CC(C)(C)C(=O)NC. The fourth-order valence-electron chi connectivity index (χ4n) is 2.01. The van der Waals surface area contributed by atoms with Gasteiger partial charge < -0.3 is 20.4 Å². The predicted octanol–water partition coefficient (Wildman–Crippen LogP) is 0.587. The molecule has 0 aliphatic rings. The fourth-order valence-corrected chi connectivity index (χ4v) is 2.01. The van der Waals surface area contributed by atoms with Crippen LogP contribution < -0.4 is 11.1 Å². The second-order valence-corrected chi connectivity index (χ2v) is 5.16. The van der Waals surface area contributed by atoms with Crippen molar-refractivity contribution in [1.29, 1.82) is 0 Å². The standard InChI is InChI=1S/C13H22N4O3/c1-6-8-16-9(11(18)20-5)10(14)17(8)7-13(2,3)12(19)15-4/h6-7,14H2,1-5H3,(H,15,19). The first-order valence-electron chi connectivity index (χ1n) is 6.43. The number of carbonyl (C=O) groups is 2. The molecule has 7 nitrogen and oxygen atoms in total. The van der Waals surface area contributed by atoms with E-state index in [0.717, 1.165) is 0 Å². The Hall–Kier alpha value is -2.05. The highest BCUT2D eigenvalue weighted by Gasteiger charge is 2.30. The van der Waals surface area contributed by atoms with Gasteiger partial charge in [-0.25, -0.2) is 9.78 Å². The molecular formula is C13H22N4O3. The third kappa shape index (κ3) is 2.92. The average molecular weight is 282 g/mol. The molecule has 0 bridgehead atoms. The van der Waals surface area contributed by atoms with E-state index in [0.29, 0.717) is 18.8 Å². The Morgan fingerprint density at radius 1 is 1.45 bits per heavy atom. The summed E-state index contributed by atoms with van der Waals surface area (Å²) >= 11 is 0. The summed E-state index contributed by atoms with van der Waals surface area (Å²) in [6.45, 7) is 5.86. The van der Waals surface area contributed by atoms with Crippen molar-refractivity contribution in [2.24, 2.45) is 5.41 Å². The second kappa shape index (κ2) is 5.94. The smallest absolute Gasteiger partial charge is 0.360 e. The second-order valence-electron chi connectivity index (χ2n) is 5.16. The van der Waals surface area contributed by atoms with Crippen molar-refractivity contribution < 1.29 is 14.3 Å². The van der Waals surface area contributed by atoms with Crippen LogP contribution in [0.4, 0.5) is 5.82 Å². The number of anilines is 1. The minimum atomic E-state index is -0.666.